The molecule has 2 aliphatic rings. The minimum Gasteiger partial charge on any atom is -0.356 e. The highest BCUT2D eigenvalue weighted by Crippen LogP contribution is 2.38. The highest BCUT2D eigenvalue weighted by molar-refractivity contribution is 6.31. The van der Waals surface area contributed by atoms with Crippen LogP contribution in [0.5, 0.6) is 0 Å². The lowest BCUT2D eigenvalue weighted by Gasteiger charge is -2.31. The van der Waals surface area contributed by atoms with E-state index in [0.717, 1.165) is 30.2 Å². The fourth-order valence-corrected chi connectivity index (χ4v) is 3.15. The van der Waals surface area contributed by atoms with E-state index in [1.807, 2.05) is 12.1 Å². The molecule has 1 fully saturated rings. The van der Waals surface area contributed by atoms with Gasteiger partial charge in [-0.15, -0.1) is 0 Å². The van der Waals surface area contributed by atoms with Crippen molar-refractivity contribution in [3.8, 4) is 0 Å². The SMILES string of the molecule is CC1(C)CCCN2Cc3c(Cl)cccc3N=C2C1. The van der Waals surface area contributed by atoms with Gasteiger partial charge < -0.3 is 4.90 Å². The third kappa shape index (κ3) is 2.14. The monoisotopic (exact) mass is 262 g/mol. The van der Waals surface area contributed by atoms with Crippen LogP contribution < -0.4 is 0 Å². The summed E-state index contributed by atoms with van der Waals surface area (Å²) in [6.45, 7) is 6.70. The van der Waals surface area contributed by atoms with E-state index in [0.29, 0.717) is 5.41 Å². The fourth-order valence-electron chi connectivity index (χ4n) is 2.92. The maximum atomic E-state index is 6.27. The second kappa shape index (κ2) is 4.27. The van der Waals surface area contributed by atoms with Crippen LogP contribution in [0.1, 0.15) is 38.7 Å². The molecular formula is C15H19ClN2. The molecule has 3 rings (SSSR count). The zero-order valence-corrected chi connectivity index (χ0v) is 11.8. The maximum absolute atomic E-state index is 6.27. The van der Waals surface area contributed by atoms with Crippen molar-refractivity contribution >= 4 is 23.1 Å². The van der Waals surface area contributed by atoms with Crippen molar-refractivity contribution in [2.75, 3.05) is 6.54 Å². The van der Waals surface area contributed by atoms with Crippen molar-refractivity contribution in [1.29, 1.82) is 0 Å². The van der Waals surface area contributed by atoms with E-state index in [-0.39, 0.29) is 0 Å². The summed E-state index contributed by atoms with van der Waals surface area (Å²) in [5.74, 6) is 1.24. The molecule has 2 aliphatic heterocycles. The first-order chi connectivity index (χ1) is 8.55. The molecule has 0 aromatic heterocycles. The number of hydrogen-bond acceptors (Lipinski definition) is 2. The molecule has 0 unspecified atom stereocenters. The molecule has 0 saturated carbocycles. The van der Waals surface area contributed by atoms with E-state index in [9.17, 15) is 0 Å². The normalized spacial score (nSPS) is 21.7. The molecule has 0 spiro atoms. The van der Waals surface area contributed by atoms with Crippen LogP contribution in [-0.4, -0.2) is 17.3 Å². The van der Waals surface area contributed by atoms with Gasteiger partial charge in [0.25, 0.3) is 0 Å². The van der Waals surface area contributed by atoms with Crippen LogP contribution in [0.4, 0.5) is 5.69 Å². The topological polar surface area (TPSA) is 15.6 Å². The molecule has 0 bridgehead atoms. The molecule has 1 aromatic carbocycles. The summed E-state index contributed by atoms with van der Waals surface area (Å²) in [6.07, 6.45) is 3.58. The molecule has 0 radical (unpaired) electrons. The Hall–Kier alpha value is -1.02. The quantitative estimate of drug-likeness (QED) is 0.677. The first-order valence-electron chi connectivity index (χ1n) is 6.65. The molecule has 0 amide bonds. The van der Waals surface area contributed by atoms with Gasteiger partial charge in [-0.05, 0) is 30.4 Å². The number of hydrogen-bond donors (Lipinski definition) is 0. The van der Waals surface area contributed by atoms with E-state index < -0.39 is 0 Å². The molecule has 3 heteroatoms. The molecule has 96 valence electrons. The zero-order valence-electron chi connectivity index (χ0n) is 11.0. The fraction of sp³-hybridized carbons (Fsp3) is 0.533. The van der Waals surface area contributed by atoms with Gasteiger partial charge in [0.05, 0.1) is 5.69 Å². The average Bonchev–Trinajstić information content (AvgIpc) is 2.44. The molecule has 18 heavy (non-hydrogen) atoms. The summed E-state index contributed by atoms with van der Waals surface area (Å²) >= 11 is 6.27. The molecule has 1 aromatic rings. The van der Waals surface area contributed by atoms with Gasteiger partial charge in [0.15, 0.2) is 0 Å². The Morgan fingerprint density at radius 3 is 3.00 bits per heavy atom. The van der Waals surface area contributed by atoms with Gasteiger partial charge in [-0.3, -0.25) is 0 Å². The number of aliphatic imine (C=N–C) groups is 1. The van der Waals surface area contributed by atoms with Crippen LogP contribution in [0.3, 0.4) is 0 Å². The van der Waals surface area contributed by atoms with Crippen LogP contribution in [0.25, 0.3) is 0 Å². The Bertz CT molecular complexity index is 505. The summed E-state index contributed by atoms with van der Waals surface area (Å²) in [4.78, 5) is 7.25. The smallest absolute Gasteiger partial charge is 0.106 e. The summed E-state index contributed by atoms with van der Waals surface area (Å²) in [5.41, 5.74) is 2.61. The van der Waals surface area contributed by atoms with Gasteiger partial charge in [-0.2, -0.15) is 0 Å². The summed E-state index contributed by atoms with van der Waals surface area (Å²) < 4.78 is 0. The lowest BCUT2D eigenvalue weighted by molar-refractivity contribution is 0.348. The lowest BCUT2D eigenvalue weighted by Crippen LogP contribution is -2.33. The van der Waals surface area contributed by atoms with Gasteiger partial charge in [0.2, 0.25) is 0 Å². The van der Waals surface area contributed by atoms with Gasteiger partial charge >= 0.3 is 0 Å². The Balaban J connectivity index is 2.02. The van der Waals surface area contributed by atoms with E-state index in [1.54, 1.807) is 0 Å². The summed E-state index contributed by atoms with van der Waals surface area (Å²) in [6, 6.07) is 6.02. The van der Waals surface area contributed by atoms with E-state index >= 15 is 0 Å². The number of nitrogens with zero attached hydrogens (tertiary/aromatic N) is 2. The van der Waals surface area contributed by atoms with Crippen LogP contribution in [0.15, 0.2) is 23.2 Å². The van der Waals surface area contributed by atoms with Crippen LogP contribution >= 0.6 is 11.6 Å². The number of rotatable bonds is 0. The van der Waals surface area contributed by atoms with Crippen molar-refractivity contribution in [3.05, 3.63) is 28.8 Å². The summed E-state index contributed by atoms with van der Waals surface area (Å²) in [5, 5.41) is 0.846. The van der Waals surface area contributed by atoms with Crippen molar-refractivity contribution in [2.24, 2.45) is 10.4 Å². The van der Waals surface area contributed by atoms with Crippen LogP contribution in [0.2, 0.25) is 5.02 Å². The van der Waals surface area contributed by atoms with Crippen molar-refractivity contribution in [3.63, 3.8) is 0 Å². The first kappa shape index (κ1) is 12.0. The molecule has 2 nitrogen and oxygen atoms in total. The minimum atomic E-state index is 0.365. The number of amidine groups is 1. The Labute approximate surface area is 114 Å². The first-order valence-corrected chi connectivity index (χ1v) is 7.03. The second-order valence-corrected chi connectivity index (χ2v) is 6.54. The van der Waals surface area contributed by atoms with Crippen molar-refractivity contribution in [1.82, 2.24) is 4.90 Å². The number of benzene rings is 1. The molecule has 0 atom stereocenters. The second-order valence-electron chi connectivity index (χ2n) is 6.13. The third-order valence-corrected chi connectivity index (χ3v) is 4.33. The predicted molar refractivity (Wildman–Crippen MR) is 76.6 cm³/mol. The van der Waals surface area contributed by atoms with Crippen molar-refractivity contribution < 1.29 is 0 Å². The maximum Gasteiger partial charge on any atom is 0.106 e. The standard InChI is InChI=1S/C15H19ClN2/c1-15(2)7-4-8-18-10-11-12(16)5-3-6-13(11)17-14(18)9-15/h3,5-6H,4,7-10H2,1-2H3. The average molecular weight is 263 g/mol. The van der Waals surface area contributed by atoms with Crippen molar-refractivity contribution in [2.45, 2.75) is 39.7 Å². The zero-order chi connectivity index (χ0) is 12.8. The van der Waals surface area contributed by atoms with Crippen LogP contribution in [0, 0.1) is 5.41 Å². The Morgan fingerprint density at radius 2 is 2.17 bits per heavy atom. The van der Waals surface area contributed by atoms with Gasteiger partial charge in [-0.1, -0.05) is 31.5 Å². The summed E-state index contributed by atoms with van der Waals surface area (Å²) in [7, 11) is 0. The van der Waals surface area contributed by atoms with E-state index in [4.69, 9.17) is 16.6 Å². The van der Waals surface area contributed by atoms with Crippen LogP contribution in [-0.2, 0) is 6.54 Å². The highest BCUT2D eigenvalue weighted by Gasteiger charge is 2.30. The van der Waals surface area contributed by atoms with E-state index in [2.05, 4.69) is 24.8 Å². The Kier molecular flexibility index (Phi) is 2.86. The molecular weight excluding hydrogens is 244 g/mol. The molecule has 0 N–H and O–H groups in total. The minimum absolute atomic E-state index is 0.365. The van der Waals surface area contributed by atoms with E-state index in [1.165, 1.54) is 24.2 Å². The highest BCUT2D eigenvalue weighted by atomic mass is 35.5. The van der Waals surface area contributed by atoms with Gasteiger partial charge in [0.1, 0.15) is 5.84 Å². The number of halogens is 1. The Morgan fingerprint density at radius 1 is 1.33 bits per heavy atom. The number of fused-ring (bicyclic) bond motifs is 2. The predicted octanol–water partition coefficient (Wildman–Crippen LogP) is 4.40. The van der Waals surface area contributed by atoms with Gasteiger partial charge in [-0.25, -0.2) is 4.99 Å². The van der Waals surface area contributed by atoms with Gasteiger partial charge in [0, 0.05) is 30.1 Å². The molecule has 2 heterocycles. The molecule has 1 saturated heterocycles. The lowest BCUT2D eigenvalue weighted by atomic mass is 9.85. The largest absolute Gasteiger partial charge is 0.356 e. The third-order valence-electron chi connectivity index (χ3n) is 3.98. The molecule has 0 aliphatic carbocycles.